The molecule has 0 aliphatic carbocycles. The number of aliphatic hydroxyl groups is 1. The van der Waals surface area contributed by atoms with Crippen molar-refractivity contribution in [2.45, 2.75) is 32.5 Å². The normalized spacial score (nSPS) is 11.3. The van der Waals surface area contributed by atoms with E-state index in [0.717, 1.165) is 24.3 Å². The van der Waals surface area contributed by atoms with E-state index in [1.807, 2.05) is 30.3 Å². The van der Waals surface area contributed by atoms with Gasteiger partial charge in [-0.1, -0.05) is 60.7 Å². The van der Waals surface area contributed by atoms with Crippen molar-refractivity contribution in [2.24, 2.45) is 0 Å². The number of hydrogen-bond acceptors (Lipinski definition) is 3. The summed E-state index contributed by atoms with van der Waals surface area (Å²) in [6.07, 6.45) is 0. The van der Waals surface area contributed by atoms with Crippen LogP contribution in [0.25, 0.3) is 0 Å². The Morgan fingerprint density at radius 1 is 0.808 bits per heavy atom. The number of nitrogens with two attached hydrogens (primary N) is 1. The van der Waals surface area contributed by atoms with Gasteiger partial charge in [-0.05, 0) is 43.2 Å². The molecule has 26 heavy (non-hydrogen) atoms. The van der Waals surface area contributed by atoms with Crippen LogP contribution in [0.3, 0.4) is 0 Å². The van der Waals surface area contributed by atoms with Gasteiger partial charge in [0.2, 0.25) is 0 Å². The molecule has 0 spiro atoms. The van der Waals surface area contributed by atoms with Crippen LogP contribution in [0.2, 0.25) is 0 Å². The predicted octanol–water partition coefficient (Wildman–Crippen LogP) is 4.70. The third-order valence-electron chi connectivity index (χ3n) is 4.49. The molecule has 3 aromatic rings. The SMILES string of the molecule is CC(C)(O)c1cc(N(Cc2ccccc2)Cc2ccccc2)ccc1N. The Balaban J connectivity index is 1.97. The van der Waals surface area contributed by atoms with Gasteiger partial charge in [0.05, 0.1) is 5.60 Å². The predicted molar refractivity (Wildman–Crippen MR) is 109 cm³/mol. The molecule has 0 radical (unpaired) electrons. The zero-order valence-corrected chi connectivity index (χ0v) is 15.4. The minimum atomic E-state index is -0.981. The molecule has 0 aliphatic heterocycles. The fraction of sp³-hybridized carbons (Fsp3) is 0.217. The first-order chi connectivity index (χ1) is 12.4. The molecule has 3 N–H and O–H groups in total. The molecule has 0 unspecified atom stereocenters. The summed E-state index contributed by atoms with van der Waals surface area (Å²) in [5.74, 6) is 0. The van der Waals surface area contributed by atoms with Crippen LogP contribution in [-0.2, 0) is 18.7 Å². The molecule has 0 fully saturated rings. The number of rotatable bonds is 6. The van der Waals surface area contributed by atoms with E-state index in [4.69, 9.17) is 5.73 Å². The molecule has 3 aromatic carbocycles. The maximum Gasteiger partial charge on any atom is 0.0861 e. The molecule has 0 amide bonds. The zero-order chi connectivity index (χ0) is 18.6. The smallest absolute Gasteiger partial charge is 0.0861 e. The van der Waals surface area contributed by atoms with Gasteiger partial charge in [-0.3, -0.25) is 0 Å². The average molecular weight is 346 g/mol. The molecule has 0 aliphatic rings. The average Bonchev–Trinajstić information content (AvgIpc) is 2.62. The molecule has 3 rings (SSSR count). The minimum Gasteiger partial charge on any atom is -0.398 e. The highest BCUT2D eigenvalue weighted by Gasteiger charge is 2.21. The number of nitrogen functional groups attached to an aromatic ring is 1. The van der Waals surface area contributed by atoms with Crippen molar-refractivity contribution in [3.63, 3.8) is 0 Å². The fourth-order valence-corrected chi connectivity index (χ4v) is 3.12. The van der Waals surface area contributed by atoms with E-state index >= 15 is 0 Å². The summed E-state index contributed by atoms with van der Waals surface area (Å²) in [5.41, 5.74) is 10.0. The summed E-state index contributed by atoms with van der Waals surface area (Å²) in [4.78, 5) is 2.30. The third kappa shape index (κ3) is 4.44. The lowest BCUT2D eigenvalue weighted by atomic mass is 9.95. The molecule has 3 nitrogen and oxygen atoms in total. The van der Waals surface area contributed by atoms with E-state index in [2.05, 4.69) is 53.4 Å². The molecular formula is C23H26N2O. The van der Waals surface area contributed by atoms with Gasteiger partial charge < -0.3 is 15.7 Å². The molecular weight excluding hydrogens is 320 g/mol. The number of hydrogen-bond donors (Lipinski definition) is 2. The van der Waals surface area contributed by atoms with Gasteiger partial charge in [0.25, 0.3) is 0 Å². The first-order valence-electron chi connectivity index (χ1n) is 8.88. The van der Waals surface area contributed by atoms with E-state index in [9.17, 15) is 5.11 Å². The molecule has 3 heteroatoms. The second-order valence-corrected chi connectivity index (χ2v) is 7.16. The van der Waals surface area contributed by atoms with Crippen LogP contribution in [-0.4, -0.2) is 5.11 Å². The van der Waals surface area contributed by atoms with Crippen LogP contribution in [0.4, 0.5) is 11.4 Å². The lowest BCUT2D eigenvalue weighted by Gasteiger charge is -2.28. The van der Waals surface area contributed by atoms with Crippen LogP contribution in [0, 0.1) is 0 Å². The van der Waals surface area contributed by atoms with E-state index in [1.165, 1.54) is 11.1 Å². The van der Waals surface area contributed by atoms with E-state index in [-0.39, 0.29) is 0 Å². The topological polar surface area (TPSA) is 49.5 Å². The highest BCUT2D eigenvalue weighted by atomic mass is 16.3. The zero-order valence-electron chi connectivity index (χ0n) is 15.4. The summed E-state index contributed by atoms with van der Waals surface area (Å²) in [6, 6.07) is 26.7. The monoisotopic (exact) mass is 346 g/mol. The third-order valence-corrected chi connectivity index (χ3v) is 4.49. The quantitative estimate of drug-likeness (QED) is 0.636. The van der Waals surface area contributed by atoms with Crippen molar-refractivity contribution in [3.05, 3.63) is 95.6 Å². The van der Waals surface area contributed by atoms with Crippen molar-refractivity contribution < 1.29 is 5.11 Å². The Kier molecular flexibility index (Phi) is 5.29. The van der Waals surface area contributed by atoms with Crippen molar-refractivity contribution >= 4 is 11.4 Å². The molecule has 0 heterocycles. The lowest BCUT2D eigenvalue weighted by Crippen LogP contribution is -2.24. The maximum absolute atomic E-state index is 10.5. The van der Waals surface area contributed by atoms with E-state index in [1.54, 1.807) is 13.8 Å². The van der Waals surface area contributed by atoms with Gasteiger partial charge in [-0.25, -0.2) is 0 Å². The summed E-state index contributed by atoms with van der Waals surface area (Å²) in [7, 11) is 0. The van der Waals surface area contributed by atoms with Crippen molar-refractivity contribution in [1.82, 2.24) is 0 Å². The molecule has 0 saturated carbocycles. The second kappa shape index (κ2) is 7.63. The van der Waals surface area contributed by atoms with Crippen LogP contribution >= 0.6 is 0 Å². The highest BCUT2D eigenvalue weighted by molar-refractivity contribution is 5.60. The molecule has 0 aromatic heterocycles. The largest absolute Gasteiger partial charge is 0.398 e. The van der Waals surface area contributed by atoms with Crippen LogP contribution in [0.1, 0.15) is 30.5 Å². The van der Waals surface area contributed by atoms with Gasteiger partial charge in [-0.15, -0.1) is 0 Å². The summed E-state index contributed by atoms with van der Waals surface area (Å²) in [5, 5.41) is 10.5. The molecule has 0 atom stereocenters. The number of nitrogens with zero attached hydrogens (tertiary/aromatic N) is 1. The lowest BCUT2D eigenvalue weighted by molar-refractivity contribution is 0.0794. The van der Waals surface area contributed by atoms with Crippen LogP contribution in [0.5, 0.6) is 0 Å². The van der Waals surface area contributed by atoms with Gasteiger partial charge in [-0.2, -0.15) is 0 Å². The molecule has 134 valence electrons. The van der Waals surface area contributed by atoms with E-state index < -0.39 is 5.60 Å². The molecule has 0 saturated heterocycles. The summed E-state index contributed by atoms with van der Waals surface area (Å²) in [6.45, 7) is 5.10. The Morgan fingerprint density at radius 3 is 1.77 bits per heavy atom. The van der Waals surface area contributed by atoms with Crippen molar-refractivity contribution in [1.29, 1.82) is 0 Å². The first-order valence-corrected chi connectivity index (χ1v) is 8.88. The summed E-state index contributed by atoms with van der Waals surface area (Å²) < 4.78 is 0. The Labute approximate surface area is 155 Å². The first kappa shape index (κ1) is 18.0. The molecule has 0 bridgehead atoms. The van der Waals surface area contributed by atoms with Gasteiger partial charge in [0.15, 0.2) is 0 Å². The number of benzene rings is 3. The Hall–Kier alpha value is -2.78. The van der Waals surface area contributed by atoms with Crippen LogP contribution in [0.15, 0.2) is 78.9 Å². The van der Waals surface area contributed by atoms with E-state index in [0.29, 0.717) is 5.69 Å². The van der Waals surface area contributed by atoms with Crippen molar-refractivity contribution in [2.75, 3.05) is 10.6 Å². The van der Waals surface area contributed by atoms with Gasteiger partial charge in [0.1, 0.15) is 0 Å². The summed E-state index contributed by atoms with van der Waals surface area (Å²) >= 11 is 0. The maximum atomic E-state index is 10.5. The van der Waals surface area contributed by atoms with Crippen molar-refractivity contribution in [3.8, 4) is 0 Å². The highest BCUT2D eigenvalue weighted by Crippen LogP contribution is 2.31. The number of anilines is 2. The Morgan fingerprint density at radius 2 is 1.31 bits per heavy atom. The Bertz CT molecular complexity index is 798. The van der Waals surface area contributed by atoms with Gasteiger partial charge in [0, 0.05) is 30.0 Å². The minimum absolute atomic E-state index is 0.612. The second-order valence-electron chi connectivity index (χ2n) is 7.16. The standard InChI is InChI=1S/C23H26N2O/c1-23(2,26)21-15-20(13-14-22(21)24)25(16-18-9-5-3-6-10-18)17-19-11-7-4-8-12-19/h3-15,26H,16-17,24H2,1-2H3. The van der Waals surface area contributed by atoms with Gasteiger partial charge >= 0.3 is 0 Å². The van der Waals surface area contributed by atoms with Crippen LogP contribution < -0.4 is 10.6 Å². The fourth-order valence-electron chi connectivity index (χ4n) is 3.12.